The van der Waals surface area contributed by atoms with Crippen molar-refractivity contribution in [3.05, 3.63) is 59.9 Å². The van der Waals surface area contributed by atoms with E-state index in [1.807, 2.05) is 30.5 Å². The summed E-state index contributed by atoms with van der Waals surface area (Å²) in [6, 6.07) is 12.8. The molecule has 0 spiro atoms. The molecular weight excluding hydrogens is 348 g/mol. The van der Waals surface area contributed by atoms with Crippen molar-refractivity contribution in [2.45, 2.75) is 33.0 Å². The normalized spacial score (nSPS) is 17.0. The largest absolute Gasteiger partial charge is 0.489 e. The van der Waals surface area contributed by atoms with Gasteiger partial charge in [0.25, 0.3) is 0 Å². The number of benzene rings is 1. The highest BCUT2D eigenvalue weighted by Gasteiger charge is 2.24. The minimum absolute atomic E-state index is 0.542. The first-order valence-corrected chi connectivity index (χ1v) is 10.4. The van der Waals surface area contributed by atoms with Gasteiger partial charge in [-0.2, -0.15) is 0 Å². The number of hydrogen-bond donors (Lipinski definition) is 1. The first-order valence-electron chi connectivity index (χ1n) is 10.4. The Balaban J connectivity index is 1.53. The second kappa shape index (κ2) is 10.6. The molecule has 0 bridgehead atoms. The van der Waals surface area contributed by atoms with E-state index in [2.05, 4.69) is 53.1 Å². The molecule has 1 saturated heterocycles. The highest BCUT2D eigenvalue weighted by molar-refractivity contribution is 5.33. The molecule has 1 aromatic heterocycles. The number of ether oxygens (including phenoxy) is 1. The highest BCUT2D eigenvalue weighted by atomic mass is 16.5. The van der Waals surface area contributed by atoms with Crippen LogP contribution in [0, 0.1) is 5.92 Å². The summed E-state index contributed by atoms with van der Waals surface area (Å²) in [5, 5.41) is 3.68. The van der Waals surface area contributed by atoms with Gasteiger partial charge in [-0.1, -0.05) is 38.1 Å². The number of rotatable bonds is 9. The van der Waals surface area contributed by atoms with Gasteiger partial charge in [0.15, 0.2) is 0 Å². The van der Waals surface area contributed by atoms with Crippen molar-refractivity contribution in [3.8, 4) is 5.75 Å². The predicted octanol–water partition coefficient (Wildman–Crippen LogP) is 3.02. The zero-order valence-corrected chi connectivity index (χ0v) is 17.5. The zero-order chi connectivity index (χ0) is 19.8. The highest BCUT2D eigenvalue weighted by Crippen LogP contribution is 2.20. The second-order valence-electron chi connectivity index (χ2n) is 8.04. The molecule has 2 aromatic rings. The van der Waals surface area contributed by atoms with E-state index in [0.717, 1.165) is 50.6 Å². The van der Waals surface area contributed by atoms with Gasteiger partial charge in [0, 0.05) is 68.8 Å². The fourth-order valence-corrected chi connectivity index (χ4v) is 3.73. The molecule has 28 heavy (non-hydrogen) atoms. The van der Waals surface area contributed by atoms with Gasteiger partial charge in [-0.15, -0.1) is 0 Å². The van der Waals surface area contributed by atoms with Gasteiger partial charge in [-0.05, 0) is 25.1 Å². The van der Waals surface area contributed by atoms with Crippen molar-refractivity contribution < 1.29 is 4.74 Å². The van der Waals surface area contributed by atoms with E-state index < -0.39 is 0 Å². The first-order chi connectivity index (χ1) is 13.6. The van der Waals surface area contributed by atoms with Crippen molar-refractivity contribution in [1.29, 1.82) is 0 Å². The molecule has 1 aliphatic rings. The summed E-state index contributed by atoms with van der Waals surface area (Å²) in [6.45, 7) is 11.7. The molecule has 1 atom stereocenters. The maximum absolute atomic E-state index is 6.06. The van der Waals surface area contributed by atoms with E-state index in [-0.39, 0.29) is 0 Å². The predicted molar refractivity (Wildman–Crippen MR) is 114 cm³/mol. The number of para-hydroxylation sites is 1. The Kier molecular flexibility index (Phi) is 7.83. The van der Waals surface area contributed by atoms with Crippen LogP contribution < -0.4 is 10.1 Å². The Hall–Kier alpha value is -1.95. The zero-order valence-electron chi connectivity index (χ0n) is 17.5. The molecule has 1 unspecified atom stereocenters. The van der Waals surface area contributed by atoms with Crippen LogP contribution in [0.15, 0.2) is 48.8 Å². The first kappa shape index (κ1) is 20.8. The molecule has 5 nitrogen and oxygen atoms in total. The molecule has 2 heterocycles. The maximum Gasteiger partial charge on any atom is 0.124 e. The van der Waals surface area contributed by atoms with Gasteiger partial charge in [-0.25, -0.2) is 0 Å². The van der Waals surface area contributed by atoms with E-state index in [1.165, 1.54) is 5.56 Å². The van der Waals surface area contributed by atoms with Crippen molar-refractivity contribution in [3.63, 3.8) is 0 Å². The van der Waals surface area contributed by atoms with Gasteiger partial charge in [0.1, 0.15) is 12.4 Å². The fourth-order valence-electron chi connectivity index (χ4n) is 3.73. The third-order valence-electron chi connectivity index (χ3n) is 5.54. The van der Waals surface area contributed by atoms with E-state index >= 15 is 0 Å². The standard InChI is InChI=1S/C23H34N4O/c1-19(2)22(27-13-11-26(3)12-14-27)17-25-16-21-8-4-5-9-23(21)28-18-20-7-6-10-24-15-20/h4-10,15,19,22,25H,11-14,16-18H2,1-3H3. The summed E-state index contributed by atoms with van der Waals surface area (Å²) < 4.78 is 6.06. The third kappa shape index (κ3) is 6.03. The summed E-state index contributed by atoms with van der Waals surface area (Å²) in [4.78, 5) is 9.21. The molecule has 5 heteroatoms. The Morgan fingerprint density at radius 3 is 2.57 bits per heavy atom. The number of pyridine rings is 1. The third-order valence-corrected chi connectivity index (χ3v) is 5.54. The Morgan fingerprint density at radius 1 is 1.07 bits per heavy atom. The van der Waals surface area contributed by atoms with Crippen LogP contribution >= 0.6 is 0 Å². The van der Waals surface area contributed by atoms with Crippen LogP contribution in [-0.2, 0) is 13.2 Å². The lowest BCUT2D eigenvalue weighted by Gasteiger charge is -2.40. The van der Waals surface area contributed by atoms with Gasteiger partial charge in [0.05, 0.1) is 0 Å². The van der Waals surface area contributed by atoms with Crippen molar-refractivity contribution in [2.24, 2.45) is 5.92 Å². The molecule has 0 radical (unpaired) electrons. The summed E-state index contributed by atoms with van der Waals surface area (Å²) in [6.07, 6.45) is 3.64. The van der Waals surface area contributed by atoms with E-state index in [1.54, 1.807) is 6.20 Å². The van der Waals surface area contributed by atoms with Crippen LogP contribution in [0.5, 0.6) is 5.75 Å². The molecule has 0 amide bonds. The molecule has 1 fully saturated rings. The maximum atomic E-state index is 6.06. The molecule has 1 aromatic carbocycles. The smallest absolute Gasteiger partial charge is 0.124 e. The summed E-state index contributed by atoms with van der Waals surface area (Å²) >= 11 is 0. The molecule has 1 N–H and O–H groups in total. The van der Waals surface area contributed by atoms with Crippen LogP contribution in [0.3, 0.4) is 0 Å². The van der Waals surface area contributed by atoms with Crippen molar-refractivity contribution >= 4 is 0 Å². The van der Waals surface area contributed by atoms with Gasteiger partial charge in [0.2, 0.25) is 0 Å². The van der Waals surface area contributed by atoms with E-state index in [4.69, 9.17) is 4.74 Å². The molecule has 0 saturated carbocycles. The Labute approximate surface area is 169 Å². The van der Waals surface area contributed by atoms with Crippen LogP contribution in [0.25, 0.3) is 0 Å². The van der Waals surface area contributed by atoms with Gasteiger partial charge < -0.3 is 15.0 Å². The van der Waals surface area contributed by atoms with Crippen molar-refractivity contribution in [2.75, 3.05) is 39.8 Å². The number of nitrogens with one attached hydrogen (secondary N) is 1. The lowest BCUT2D eigenvalue weighted by Crippen LogP contribution is -2.53. The lowest BCUT2D eigenvalue weighted by molar-refractivity contribution is 0.0875. The van der Waals surface area contributed by atoms with E-state index in [9.17, 15) is 0 Å². The topological polar surface area (TPSA) is 40.6 Å². The monoisotopic (exact) mass is 382 g/mol. The fraction of sp³-hybridized carbons (Fsp3) is 0.522. The average molecular weight is 383 g/mol. The summed E-state index contributed by atoms with van der Waals surface area (Å²) in [7, 11) is 2.21. The number of piperazine rings is 1. The number of likely N-dealkylation sites (N-methyl/N-ethyl adjacent to an activating group) is 1. The Morgan fingerprint density at radius 2 is 1.86 bits per heavy atom. The number of nitrogens with zero attached hydrogens (tertiary/aromatic N) is 3. The molecule has 152 valence electrons. The minimum Gasteiger partial charge on any atom is -0.489 e. The minimum atomic E-state index is 0.542. The number of hydrogen-bond acceptors (Lipinski definition) is 5. The quantitative estimate of drug-likeness (QED) is 0.722. The molecule has 1 aliphatic heterocycles. The summed E-state index contributed by atoms with van der Waals surface area (Å²) in [5.41, 5.74) is 2.28. The number of aromatic nitrogens is 1. The average Bonchev–Trinajstić information content (AvgIpc) is 2.72. The molecular formula is C23H34N4O. The lowest BCUT2D eigenvalue weighted by atomic mass is 10.0. The second-order valence-corrected chi connectivity index (χ2v) is 8.04. The SMILES string of the molecule is CC(C)C(CNCc1ccccc1OCc1cccnc1)N1CCN(C)CC1. The van der Waals surface area contributed by atoms with Crippen LogP contribution in [0.1, 0.15) is 25.0 Å². The van der Waals surface area contributed by atoms with Crippen molar-refractivity contribution in [1.82, 2.24) is 20.1 Å². The van der Waals surface area contributed by atoms with E-state index in [0.29, 0.717) is 18.6 Å². The summed E-state index contributed by atoms with van der Waals surface area (Å²) in [5.74, 6) is 1.58. The van der Waals surface area contributed by atoms with Crippen LogP contribution in [-0.4, -0.2) is 60.6 Å². The van der Waals surface area contributed by atoms with Crippen LogP contribution in [0.2, 0.25) is 0 Å². The molecule has 3 rings (SSSR count). The molecule has 0 aliphatic carbocycles. The van der Waals surface area contributed by atoms with Gasteiger partial charge >= 0.3 is 0 Å². The Bertz CT molecular complexity index is 699. The van der Waals surface area contributed by atoms with Gasteiger partial charge in [-0.3, -0.25) is 9.88 Å². The van der Waals surface area contributed by atoms with Crippen LogP contribution in [0.4, 0.5) is 0 Å².